The molecule has 0 radical (unpaired) electrons. The average molecular weight is 213 g/mol. The van der Waals surface area contributed by atoms with E-state index in [2.05, 4.69) is 6.58 Å². The van der Waals surface area contributed by atoms with Gasteiger partial charge in [0.1, 0.15) is 12.4 Å². The number of ether oxygens (including phenoxy) is 1. The van der Waals surface area contributed by atoms with Gasteiger partial charge in [0.15, 0.2) is 0 Å². The van der Waals surface area contributed by atoms with Gasteiger partial charge in [0.05, 0.1) is 11.1 Å². The van der Waals surface area contributed by atoms with E-state index in [9.17, 15) is 5.11 Å². The quantitative estimate of drug-likeness (QED) is 0.778. The first-order valence-corrected chi connectivity index (χ1v) is 4.74. The Balaban J connectivity index is 2.84. The van der Waals surface area contributed by atoms with Crippen LogP contribution in [-0.4, -0.2) is 11.7 Å². The van der Waals surface area contributed by atoms with Crippen molar-refractivity contribution < 1.29 is 9.84 Å². The minimum Gasteiger partial charge on any atom is -0.488 e. The molecule has 2 nitrogen and oxygen atoms in total. The Hall–Kier alpha value is -0.990. The van der Waals surface area contributed by atoms with Gasteiger partial charge in [-0.3, -0.25) is 0 Å². The van der Waals surface area contributed by atoms with Gasteiger partial charge in [0.25, 0.3) is 0 Å². The SMILES string of the molecule is C=CCOc1ccc([C@@H](C)O)cc1Cl. The molecule has 0 unspecified atom stereocenters. The van der Waals surface area contributed by atoms with E-state index in [-0.39, 0.29) is 0 Å². The summed E-state index contributed by atoms with van der Waals surface area (Å²) < 4.78 is 5.29. The molecule has 0 saturated heterocycles. The predicted octanol–water partition coefficient (Wildman–Crippen LogP) is 2.96. The molecular formula is C11H13ClO2. The Kier molecular flexibility index (Phi) is 3.98. The molecule has 1 rings (SSSR count). The second kappa shape index (κ2) is 5.03. The van der Waals surface area contributed by atoms with Crippen molar-refractivity contribution in [2.24, 2.45) is 0 Å². The van der Waals surface area contributed by atoms with Crippen molar-refractivity contribution >= 4 is 11.6 Å². The Morgan fingerprint density at radius 1 is 1.64 bits per heavy atom. The van der Waals surface area contributed by atoms with Crippen LogP contribution in [0.5, 0.6) is 5.75 Å². The molecule has 0 saturated carbocycles. The number of benzene rings is 1. The minimum absolute atomic E-state index is 0.424. The maximum Gasteiger partial charge on any atom is 0.138 e. The fourth-order valence-electron chi connectivity index (χ4n) is 1.04. The van der Waals surface area contributed by atoms with Crippen LogP contribution in [0.3, 0.4) is 0 Å². The molecule has 0 aliphatic carbocycles. The summed E-state index contributed by atoms with van der Waals surface area (Å²) >= 11 is 5.94. The molecule has 0 aromatic heterocycles. The lowest BCUT2D eigenvalue weighted by Gasteiger charge is -2.09. The topological polar surface area (TPSA) is 29.5 Å². The van der Waals surface area contributed by atoms with Crippen molar-refractivity contribution in [2.45, 2.75) is 13.0 Å². The zero-order valence-corrected chi connectivity index (χ0v) is 8.79. The van der Waals surface area contributed by atoms with E-state index < -0.39 is 6.10 Å². The molecule has 0 bridgehead atoms. The Morgan fingerprint density at radius 3 is 2.86 bits per heavy atom. The summed E-state index contributed by atoms with van der Waals surface area (Å²) in [6.07, 6.45) is 1.14. The van der Waals surface area contributed by atoms with Gasteiger partial charge in [0.2, 0.25) is 0 Å². The third kappa shape index (κ3) is 2.76. The van der Waals surface area contributed by atoms with Crippen molar-refractivity contribution in [3.05, 3.63) is 41.4 Å². The number of aliphatic hydroxyl groups is 1. The summed E-state index contributed by atoms with van der Waals surface area (Å²) in [5.41, 5.74) is 0.779. The minimum atomic E-state index is -0.513. The number of rotatable bonds is 4. The Morgan fingerprint density at radius 2 is 2.36 bits per heavy atom. The number of aliphatic hydroxyl groups excluding tert-OH is 1. The largest absolute Gasteiger partial charge is 0.488 e. The monoisotopic (exact) mass is 212 g/mol. The van der Waals surface area contributed by atoms with Gasteiger partial charge in [0, 0.05) is 0 Å². The van der Waals surface area contributed by atoms with E-state index in [1.165, 1.54) is 0 Å². The molecule has 14 heavy (non-hydrogen) atoms. The molecule has 76 valence electrons. The fraction of sp³-hybridized carbons (Fsp3) is 0.273. The Labute approximate surface area is 88.8 Å². The zero-order chi connectivity index (χ0) is 10.6. The van der Waals surface area contributed by atoms with Gasteiger partial charge in [-0.1, -0.05) is 30.3 Å². The number of hydrogen-bond acceptors (Lipinski definition) is 2. The molecule has 0 heterocycles. The molecule has 0 aliphatic heterocycles. The van der Waals surface area contributed by atoms with E-state index in [0.717, 1.165) is 5.56 Å². The van der Waals surface area contributed by atoms with Crippen molar-refractivity contribution in [3.63, 3.8) is 0 Å². The summed E-state index contributed by atoms with van der Waals surface area (Å²) in [6, 6.07) is 5.23. The standard InChI is InChI=1S/C11H13ClO2/c1-3-6-14-11-5-4-9(8(2)13)7-10(11)12/h3-5,7-8,13H,1,6H2,2H3/t8-/m1/s1. The van der Waals surface area contributed by atoms with Crippen LogP contribution in [0.4, 0.5) is 0 Å². The van der Waals surface area contributed by atoms with Gasteiger partial charge in [-0.2, -0.15) is 0 Å². The van der Waals surface area contributed by atoms with Crippen LogP contribution >= 0.6 is 11.6 Å². The highest BCUT2D eigenvalue weighted by Crippen LogP contribution is 2.27. The molecular weight excluding hydrogens is 200 g/mol. The first-order chi connectivity index (χ1) is 6.65. The van der Waals surface area contributed by atoms with Crippen LogP contribution in [-0.2, 0) is 0 Å². The van der Waals surface area contributed by atoms with Gasteiger partial charge in [-0.05, 0) is 24.6 Å². The third-order valence-corrected chi connectivity index (χ3v) is 2.09. The van der Waals surface area contributed by atoms with Crippen molar-refractivity contribution in [1.29, 1.82) is 0 Å². The molecule has 1 atom stereocenters. The second-order valence-corrected chi connectivity index (χ2v) is 3.37. The molecule has 0 spiro atoms. The molecule has 1 N–H and O–H groups in total. The Bertz CT molecular complexity index is 321. The maximum absolute atomic E-state index is 9.30. The summed E-state index contributed by atoms with van der Waals surface area (Å²) in [5.74, 6) is 0.607. The highest BCUT2D eigenvalue weighted by molar-refractivity contribution is 6.32. The van der Waals surface area contributed by atoms with E-state index in [0.29, 0.717) is 17.4 Å². The van der Waals surface area contributed by atoms with E-state index in [4.69, 9.17) is 16.3 Å². The summed E-state index contributed by atoms with van der Waals surface area (Å²) in [5, 5.41) is 9.80. The molecule has 0 amide bonds. The molecule has 3 heteroatoms. The van der Waals surface area contributed by atoms with E-state index >= 15 is 0 Å². The van der Waals surface area contributed by atoms with Gasteiger partial charge < -0.3 is 9.84 Å². The number of halogens is 1. The molecule has 0 aliphatic rings. The van der Waals surface area contributed by atoms with Gasteiger partial charge in [-0.25, -0.2) is 0 Å². The van der Waals surface area contributed by atoms with Crippen LogP contribution in [0.2, 0.25) is 5.02 Å². The normalized spacial score (nSPS) is 12.2. The van der Waals surface area contributed by atoms with Crippen LogP contribution < -0.4 is 4.74 Å². The van der Waals surface area contributed by atoms with Gasteiger partial charge >= 0.3 is 0 Å². The lowest BCUT2D eigenvalue weighted by Crippen LogP contribution is -1.95. The maximum atomic E-state index is 9.30. The predicted molar refractivity (Wildman–Crippen MR) is 57.8 cm³/mol. The molecule has 0 fully saturated rings. The van der Waals surface area contributed by atoms with Crippen molar-refractivity contribution in [1.82, 2.24) is 0 Å². The highest BCUT2D eigenvalue weighted by Gasteiger charge is 2.05. The molecule has 1 aromatic carbocycles. The van der Waals surface area contributed by atoms with Crippen LogP contribution in [0.1, 0.15) is 18.6 Å². The highest BCUT2D eigenvalue weighted by atomic mass is 35.5. The summed E-state index contributed by atoms with van der Waals surface area (Å²) in [7, 11) is 0. The zero-order valence-electron chi connectivity index (χ0n) is 8.03. The van der Waals surface area contributed by atoms with E-state index in [1.54, 1.807) is 31.2 Å². The first-order valence-electron chi connectivity index (χ1n) is 4.36. The fourth-order valence-corrected chi connectivity index (χ4v) is 1.29. The summed E-state index contributed by atoms with van der Waals surface area (Å²) in [4.78, 5) is 0. The molecule has 1 aromatic rings. The second-order valence-electron chi connectivity index (χ2n) is 2.97. The van der Waals surface area contributed by atoms with E-state index in [1.807, 2.05) is 0 Å². The average Bonchev–Trinajstić information content (AvgIpc) is 2.15. The first kappa shape index (κ1) is 11.1. The van der Waals surface area contributed by atoms with Crippen molar-refractivity contribution in [2.75, 3.05) is 6.61 Å². The van der Waals surface area contributed by atoms with Crippen LogP contribution in [0.25, 0.3) is 0 Å². The lowest BCUT2D eigenvalue weighted by atomic mass is 10.1. The lowest BCUT2D eigenvalue weighted by molar-refractivity contribution is 0.199. The third-order valence-electron chi connectivity index (χ3n) is 1.80. The smallest absolute Gasteiger partial charge is 0.138 e. The van der Waals surface area contributed by atoms with Gasteiger partial charge in [-0.15, -0.1) is 0 Å². The van der Waals surface area contributed by atoms with Crippen LogP contribution in [0, 0.1) is 0 Å². The van der Waals surface area contributed by atoms with Crippen molar-refractivity contribution in [3.8, 4) is 5.75 Å². The van der Waals surface area contributed by atoms with Crippen LogP contribution in [0.15, 0.2) is 30.9 Å². The summed E-state index contributed by atoms with van der Waals surface area (Å²) in [6.45, 7) is 5.66. The number of hydrogen-bond donors (Lipinski definition) is 1.